The lowest BCUT2D eigenvalue weighted by atomic mass is 9.73. The minimum absolute atomic E-state index is 0.0343. The standard InChI is InChI=1S/C20H25N3O5/c1-3-28-17(25)14-8-6-9-15(11-14)21-16(24)12-23-18(26)20(22-19(23)27)10-5-4-7-13(20)2/h6,8-9,11,13H,3-5,7,10,12H2,1-2H3,(H,21,24)(H,22,27). The van der Waals surface area contributed by atoms with Crippen LogP contribution in [0.1, 0.15) is 49.9 Å². The van der Waals surface area contributed by atoms with Gasteiger partial charge in [0.1, 0.15) is 12.1 Å². The van der Waals surface area contributed by atoms with E-state index >= 15 is 0 Å². The van der Waals surface area contributed by atoms with Crippen LogP contribution in [0.5, 0.6) is 0 Å². The highest BCUT2D eigenvalue weighted by molar-refractivity contribution is 6.10. The summed E-state index contributed by atoms with van der Waals surface area (Å²) in [4.78, 5) is 50.5. The van der Waals surface area contributed by atoms with E-state index in [1.54, 1.807) is 25.1 Å². The summed E-state index contributed by atoms with van der Waals surface area (Å²) < 4.78 is 4.94. The normalized spacial score (nSPS) is 24.2. The Bertz CT molecular complexity index is 809. The molecule has 0 radical (unpaired) electrons. The number of urea groups is 1. The number of imide groups is 1. The molecule has 8 heteroatoms. The van der Waals surface area contributed by atoms with Crippen molar-refractivity contribution in [3.63, 3.8) is 0 Å². The van der Waals surface area contributed by atoms with E-state index in [4.69, 9.17) is 4.74 Å². The maximum absolute atomic E-state index is 12.9. The lowest BCUT2D eigenvalue weighted by Crippen LogP contribution is -2.54. The summed E-state index contributed by atoms with van der Waals surface area (Å²) in [5, 5.41) is 5.45. The van der Waals surface area contributed by atoms with Crippen LogP contribution in [0.4, 0.5) is 10.5 Å². The van der Waals surface area contributed by atoms with Crippen LogP contribution in [0.3, 0.4) is 0 Å². The van der Waals surface area contributed by atoms with Gasteiger partial charge in [-0.2, -0.15) is 0 Å². The number of carbonyl (C=O) groups is 4. The molecule has 2 unspecified atom stereocenters. The largest absolute Gasteiger partial charge is 0.462 e. The van der Waals surface area contributed by atoms with Crippen LogP contribution in [0, 0.1) is 5.92 Å². The fraction of sp³-hybridized carbons (Fsp3) is 0.500. The second kappa shape index (κ2) is 8.00. The molecule has 0 bridgehead atoms. The van der Waals surface area contributed by atoms with Crippen molar-refractivity contribution in [2.24, 2.45) is 5.92 Å². The number of nitrogens with one attached hydrogen (secondary N) is 2. The maximum atomic E-state index is 12.9. The van der Waals surface area contributed by atoms with Crippen molar-refractivity contribution in [2.45, 2.75) is 45.1 Å². The van der Waals surface area contributed by atoms with E-state index in [9.17, 15) is 19.2 Å². The summed E-state index contributed by atoms with van der Waals surface area (Å²) >= 11 is 0. The minimum Gasteiger partial charge on any atom is -0.462 e. The first-order valence-corrected chi connectivity index (χ1v) is 9.58. The molecule has 3 rings (SSSR count). The molecule has 4 amide bonds. The number of benzene rings is 1. The molecule has 0 aromatic heterocycles. The predicted molar refractivity (Wildman–Crippen MR) is 102 cm³/mol. The van der Waals surface area contributed by atoms with Gasteiger partial charge in [0.2, 0.25) is 5.91 Å². The Hall–Kier alpha value is -2.90. The van der Waals surface area contributed by atoms with Crippen LogP contribution >= 0.6 is 0 Å². The number of anilines is 1. The van der Waals surface area contributed by atoms with Crippen LogP contribution in [0.2, 0.25) is 0 Å². The second-order valence-corrected chi connectivity index (χ2v) is 7.29. The van der Waals surface area contributed by atoms with Crippen molar-refractivity contribution in [2.75, 3.05) is 18.5 Å². The zero-order valence-corrected chi connectivity index (χ0v) is 16.1. The quantitative estimate of drug-likeness (QED) is 0.596. The van der Waals surface area contributed by atoms with Crippen molar-refractivity contribution in [3.8, 4) is 0 Å². The molecule has 1 aliphatic carbocycles. The van der Waals surface area contributed by atoms with Gasteiger partial charge < -0.3 is 15.4 Å². The fourth-order valence-corrected chi connectivity index (χ4v) is 3.92. The van der Waals surface area contributed by atoms with E-state index in [1.807, 2.05) is 6.92 Å². The predicted octanol–water partition coefficient (Wildman–Crippen LogP) is 2.30. The zero-order valence-electron chi connectivity index (χ0n) is 16.1. The summed E-state index contributed by atoms with van der Waals surface area (Å²) in [6.45, 7) is 3.55. The Morgan fingerprint density at radius 2 is 2.11 bits per heavy atom. The Kier molecular flexibility index (Phi) is 5.67. The van der Waals surface area contributed by atoms with Crippen molar-refractivity contribution in [3.05, 3.63) is 29.8 Å². The third-order valence-corrected chi connectivity index (χ3v) is 5.46. The number of rotatable bonds is 5. The van der Waals surface area contributed by atoms with E-state index < -0.39 is 23.4 Å². The number of ether oxygens (including phenoxy) is 1. The van der Waals surface area contributed by atoms with Gasteiger partial charge in [-0.1, -0.05) is 25.8 Å². The molecule has 2 N–H and O–H groups in total. The molecule has 1 saturated heterocycles. The second-order valence-electron chi connectivity index (χ2n) is 7.29. The third kappa shape index (κ3) is 3.72. The van der Waals surface area contributed by atoms with Gasteiger partial charge in [0.15, 0.2) is 0 Å². The summed E-state index contributed by atoms with van der Waals surface area (Å²) in [6, 6.07) is 5.78. The Labute approximate surface area is 163 Å². The van der Waals surface area contributed by atoms with Crippen LogP contribution < -0.4 is 10.6 Å². The molecule has 1 aromatic carbocycles. The van der Waals surface area contributed by atoms with Crippen molar-refractivity contribution < 1.29 is 23.9 Å². The van der Waals surface area contributed by atoms with Gasteiger partial charge >= 0.3 is 12.0 Å². The number of esters is 1. The molecule has 8 nitrogen and oxygen atoms in total. The average molecular weight is 387 g/mol. The molecular formula is C20H25N3O5. The molecule has 2 aliphatic rings. The van der Waals surface area contributed by atoms with Crippen LogP contribution in [0.25, 0.3) is 0 Å². The summed E-state index contributed by atoms with van der Waals surface area (Å²) in [7, 11) is 0. The first-order valence-electron chi connectivity index (χ1n) is 9.58. The first kappa shape index (κ1) is 19.9. The molecule has 1 saturated carbocycles. The lowest BCUT2D eigenvalue weighted by molar-refractivity contribution is -0.136. The SMILES string of the molecule is CCOC(=O)c1cccc(NC(=O)CN2C(=O)NC3(CCCCC3C)C2=O)c1. The van der Waals surface area contributed by atoms with E-state index in [1.165, 1.54) is 6.07 Å². The number of amides is 4. The van der Waals surface area contributed by atoms with Crippen LogP contribution in [0.15, 0.2) is 24.3 Å². The maximum Gasteiger partial charge on any atom is 0.338 e. The van der Waals surface area contributed by atoms with E-state index in [0.717, 1.165) is 24.2 Å². The van der Waals surface area contributed by atoms with Gasteiger partial charge in [0.05, 0.1) is 12.2 Å². The number of hydrogen-bond donors (Lipinski definition) is 2. The molecule has 2 atom stereocenters. The summed E-state index contributed by atoms with van der Waals surface area (Å²) in [5.41, 5.74) is -0.188. The molecule has 28 heavy (non-hydrogen) atoms. The molecule has 150 valence electrons. The Morgan fingerprint density at radius 1 is 1.32 bits per heavy atom. The topological polar surface area (TPSA) is 105 Å². The van der Waals surface area contributed by atoms with Gasteiger partial charge in [-0.3, -0.25) is 14.5 Å². The summed E-state index contributed by atoms with van der Waals surface area (Å²) in [6.07, 6.45) is 3.37. The van der Waals surface area contributed by atoms with E-state index in [2.05, 4.69) is 10.6 Å². The third-order valence-electron chi connectivity index (χ3n) is 5.46. The van der Waals surface area contributed by atoms with E-state index in [0.29, 0.717) is 17.7 Å². The molecule has 1 aromatic rings. The smallest absolute Gasteiger partial charge is 0.338 e. The number of carbonyl (C=O) groups excluding carboxylic acids is 4. The number of nitrogens with zero attached hydrogens (tertiary/aromatic N) is 1. The molecule has 1 aliphatic heterocycles. The van der Waals surface area contributed by atoms with E-state index in [-0.39, 0.29) is 25.0 Å². The molecular weight excluding hydrogens is 362 g/mol. The van der Waals surface area contributed by atoms with Gasteiger partial charge in [-0.05, 0) is 43.9 Å². The first-order chi connectivity index (χ1) is 13.4. The lowest BCUT2D eigenvalue weighted by Gasteiger charge is -2.36. The van der Waals surface area contributed by atoms with Crippen molar-refractivity contribution in [1.29, 1.82) is 0 Å². The molecule has 1 spiro atoms. The average Bonchev–Trinajstić information content (AvgIpc) is 2.89. The van der Waals surface area contributed by atoms with Crippen LogP contribution in [-0.4, -0.2) is 47.4 Å². The highest BCUT2D eigenvalue weighted by Crippen LogP contribution is 2.38. The van der Waals surface area contributed by atoms with Gasteiger partial charge in [0, 0.05) is 5.69 Å². The highest BCUT2D eigenvalue weighted by atomic mass is 16.5. The Balaban J connectivity index is 1.67. The van der Waals surface area contributed by atoms with Gasteiger partial charge in [0.25, 0.3) is 5.91 Å². The van der Waals surface area contributed by atoms with Gasteiger partial charge in [-0.15, -0.1) is 0 Å². The monoisotopic (exact) mass is 387 g/mol. The van der Waals surface area contributed by atoms with Crippen molar-refractivity contribution >= 4 is 29.5 Å². The fourth-order valence-electron chi connectivity index (χ4n) is 3.92. The van der Waals surface area contributed by atoms with Crippen LogP contribution in [-0.2, 0) is 14.3 Å². The van der Waals surface area contributed by atoms with Gasteiger partial charge in [-0.25, -0.2) is 9.59 Å². The summed E-state index contributed by atoms with van der Waals surface area (Å²) in [5.74, 6) is -1.29. The van der Waals surface area contributed by atoms with Crippen molar-refractivity contribution in [1.82, 2.24) is 10.2 Å². The minimum atomic E-state index is -0.889. The molecule has 2 fully saturated rings. The Morgan fingerprint density at radius 3 is 2.82 bits per heavy atom. The zero-order chi connectivity index (χ0) is 20.3. The molecule has 1 heterocycles. The number of hydrogen-bond acceptors (Lipinski definition) is 5. The highest BCUT2D eigenvalue weighted by Gasteiger charge is 2.55.